The number of allylic oxidation sites excluding steroid dienone is 4. The summed E-state index contributed by atoms with van der Waals surface area (Å²) in [7, 11) is 0. The summed E-state index contributed by atoms with van der Waals surface area (Å²) in [4.78, 5) is 15.0. The fraction of sp³-hybridized carbons (Fsp3) is 0.533. The number of hydrogen-bond donors (Lipinski definition) is 1. The molecule has 0 radical (unpaired) electrons. The summed E-state index contributed by atoms with van der Waals surface area (Å²) in [5.74, 6) is -3.51. The zero-order valence-corrected chi connectivity index (χ0v) is 12.1. The van der Waals surface area contributed by atoms with Crippen LogP contribution in [0.3, 0.4) is 0 Å². The molecule has 1 fully saturated rings. The highest BCUT2D eigenvalue weighted by Crippen LogP contribution is 2.46. The molecule has 1 saturated heterocycles. The number of hydrogen-bond acceptors (Lipinski definition) is 3. The number of nitrogens with two attached hydrogens (primary N) is 1. The first-order chi connectivity index (χ1) is 10.4. The average molecular weight is 313 g/mol. The maximum absolute atomic E-state index is 14.1. The van der Waals surface area contributed by atoms with E-state index in [9.17, 15) is 18.0 Å². The number of carbonyl (C=O) groups is 1. The molecule has 2 aliphatic carbocycles. The van der Waals surface area contributed by atoms with Crippen molar-refractivity contribution in [2.45, 2.75) is 18.8 Å². The van der Waals surface area contributed by atoms with Gasteiger partial charge in [0.05, 0.1) is 6.54 Å². The van der Waals surface area contributed by atoms with Crippen molar-refractivity contribution in [3.8, 4) is 0 Å². The summed E-state index contributed by atoms with van der Waals surface area (Å²) in [6.07, 6.45) is 2.24. The molecule has 0 bridgehead atoms. The van der Waals surface area contributed by atoms with Gasteiger partial charge in [0.15, 0.2) is 0 Å². The van der Waals surface area contributed by atoms with E-state index in [2.05, 4.69) is 0 Å². The lowest BCUT2D eigenvalue weighted by atomic mass is 9.96. The third-order valence-electron chi connectivity index (χ3n) is 4.38. The van der Waals surface area contributed by atoms with E-state index in [1.165, 1.54) is 6.08 Å². The molecule has 7 heteroatoms. The second-order valence-corrected chi connectivity index (χ2v) is 5.71. The van der Waals surface area contributed by atoms with E-state index in [1.54, 1.807) is 9.80 Å². The Morgan fingerprint density at radius 2 is 1.91 bits per heavy atom. The van der Waals surface area contributed by atoms with Gasteiger partial charge in [0.2, 0.25) is 5.91 Å². The lowest BCUT2D eigenvalue weighted by Crippen LogP contribution is -2.49. The largest absolute Gasteiger partial charge is 0.368 e. The van der Waals surface area contributed by atoms with Crippen LogP contribution in [0.1, 0.15) is 12.8 Å². The summed E-state index contributed by atoms with van der Waals surface area (Å²) in [6, 6.07) is 0. The first-order valence-electron chi connectivity index (χ1n) is 7.36. The molecule has 1 aliphatic heterocycles. The van der Waals surface area contributed by atoms with Gasteiger partial charge in [-0.1, -0.05) is 0 Å². The van der Waals surface area contributed by atoms with Crippen LogP contribution in [0.4, 0.5) is 13.2 Å². The predicted molar refractivity (Wildman–Crippen MR) is 75.7 cm³/mol. The van der Waals surface area contributed by atoms with Gasteiger partial charge < -0.3 is 15.5 Å². The van der Waals surface area contributed by atoms with E-state index in [-0.39, 0.29) is 36.7 Å². The Hall–Kier alpha value is -1.76. The standard InChI is InChI=1S/C15H18F3N3O/c16-10-1-2-12-11(7-10)13(8-15(12,17)18)20-3-5-21(6-4-20)14(22)9-19/h7-8H,1-6,9,19H2. The molecule has 1 heterocycles. The van der Waals surface area contributed by atoms with E-state index in [1.807, 2.05) is 0 Å². The molecule has 0 unspecified atom stereocenters. The van der Waals surface area contributed by atoms with Crippen LogP contribution < -0.4 is 5.73 Å². The van der Waals surface area contributed by atoms with Crippen LogP contribution in [0.2, 0.25) is 0 Å². The summed E-state index contributed by atoms with van der Waals surface area (Å²) >= 11 is 0. The zero-order chi connectivity index (χ0) is 15.9. The minimum absolute atomic E-state index is 0.00404. The lowest BCUT2D eigenvalue weighted by Gasteiger charge is -2.37. The normalized spacial score (nSPS) is 24.2. The van der Waals surface area contributed by atoms with Crippen molar-refractivity contribution in [1.82, 2.24) is 9.80 Å². The van der Waals surface area contributed by atoms with Gasteiger partial charge in [-0.2, -0.15) is 8.78 Å². The topological polar surface area (TPSA) is 49.6 Å². The Kier molecular flexibility index (Phi) is 3.76. The summed E-state index contributed by atoms with van der Waals surface area (Å²) in [5, 5.41) is 0. The number of rotatable bonds is 2. The second-order valence-electron chi connectivity index (χ2n) is 5.71. The van der Waals surface area contributed by atoms with Crippen molar-refractivity contribution in [3.63, 3.8) is 0 Å². The minimum atomic E-state index is -3.01. The van der Waals surface area contributed by atoms with Crippen molar-refractivity contribution in [3.05, 3.63) is 34.8 Å². The highest BCUT2D eigenvalue weighted by atomic mass is 19.3. The molecule has 120 valence electrons. The van der Waals surface area contributed by atoms with Gasteiger partial charge in [-0.15, -0.1) is 0 Å². The summed E-state index contributed by atoms with van der Waals surface area (Å²) < 4.78 is 41.7. The van der Waals surface area contributed by atoms with Crippen molar-refractivity contribution in [2.24, 2.45) is 5.73 Å². The summed E-state index contributed by atoms with van der Waals surface area (Å²) in [5.41, 5.74) is 6.03. The average Bonchev–Trinajstić information content (AvgIpc) is 2.77. The predicted octanol–water partition coefficient (Wildman–Crippen LogP) is 1.57. The second kappa shape index (κ2) is 5.46. The number of amides is 1. The summed E-state index contributed by atoms with van der Waals surface area (Å²) in [6.45, 7) is 1.71. The van der Waals surface area contributed by atoms with Gasteiger partial charge in [-0.25, -0.2) is 4.39 Å². The monoisotopic (exact) mass is 313 g/mol. The zero-order valence-electron chi connectivity index (χ0n) is 12.1. The van der Waals surface area contributed by atoms with Gasteiger partial charge in [0, 0.05) is 55.5 Å². The molecule has 0 saturated carbocycles. The van der Waals surface area contributed by atoms with E-state index >= 15 is 0 Å². The van der Waals surface area contributed by atoms with Crippen LogP contribution in [-0.4, -0.2) is 54.4 Å². The van der Waals surface area contributed by atoms with Gasteiger partial charge in [0.25, 0.3) is 5.92 Å². The van der Waals surface area contributed by atoms with Crippen LogP contribution in [0.5, 0.6) is 0 Å². The van der Waals surface area contributed by atoms with Crippen LogP contribution in [-0.2, 0) is 4.79 Å². The van der Waals surface area contributed by atoms with Crippen molar-refractivity contribution < 1.29 is 18.0 Å². The molecule has 1 amide bonds. The van der Waals surface area contributed by atoms with Crippen LogP contribution in [0, 0.1) is 0 Å². The molecule has 0 atom stereocenters. The number of carbonyl (C=O) groups excluding carboxylic acids is 1. The number of alkyl halides is 2. The van der Waals surface area contributed by atoms with E-state index in [0.29, 0.717) is 37.4 Å². The van der Waals surface area contributed by atoms with E-state index < -0.39 is 5.92 Å². The van der Waals surface area contributed by atoms with Crippen LogP contribution in [0.25, 0.3) is 0 Å². The van der Waals surface area contributed by atoms with Gasteiger partial charge in [-0.3, -0.25) is 4.79 Å². The molecule has 0 aromatic heterocycles. The van der Waals surface area contributed by atoms with Gasteiger partial charge in [-0.05, 0) is 12.5 Å². The number of halogens is 3. The first kappa shape index (κ1) is 15.1. The van der Waals surface area contributed by atoms with E-state index in [0.717, 1.165) is 6.08 Å². The van der Waals surface area contributed by atoms with Gasteiger partial charge in [0.1, 0.15) is 5.83 Å². The van der Waals surface area contributed by atoms with Crippen molar-refractivity contribution >= 4 is 5.91 Å². The Balaban J connectivity index is 1.79. The Morgan fingerprint density at radius 1 is 1.23 bits per heavy atom. The Morgan fingerprint density at radius 3 is 2.55 bits per heavy atom. The SMILES string of the molecule is NCC(=O)N1CCN(C2=CC(F)(F)C3=C2C=C(F)CC3)CC1. The van der Waals surface area contributed by atoms with Gasteiger partial charge >= 0.3 is 0 Å². The molecule has 2 N–H and O–H groups in total. The van der Waals surface area contributed by atoms with Crippen LogP contribution >= 0.6 is 0 Å². The molecule has 3 aliphatic rings. The smallest absolute Gasteiger partial charge is 0.291 e. The lowest BCUT2D eigenvalue weighted by molar-refractivity contribution is -0.131. The molecule has 3 rings (SSSR count). The van der Waals surface area contributed by atoms with Crippen LogP contribution in [0.15, 0.2) is 34.8 Å². The molecular formula is C15H18F3N3O. The third-order valence-corrected chi connectivity index (χ3v) is 4.38. The quantitative estimate of drug-likeness (QED) is 0.842. The maximum Gasteiger partial charge on any atom is 0.291 e. The Bertz CT molecular complexity index is 587. The molecule has 0 spiro atoms. The fourth-order valence-electron chi connectivity index (χ4n) is 3.19. The minimum Gasteiger partial charge on any atom is -0.368 e. The number of piperazine rings is 1. The van der Waals surface area contributed by atoms with Crippen molar-refractivity contribution in [2.75, 3.05) is 32.7 Å². The van der Waals surface area contributed by atoms with E-state index in [4.69, 9.17) is 5.73 Å². The molecule has 4 nitrogen and oxygen atoms in total. The van der Waals surface area contributed by atoms with Crippen molar-refractivity contribution in [1.29, 1.82) is 0 Å². The molecule has 0 aromatic rings. The molecular weight excluding hydrogens is 295 g/mol. The maximum atomic E-state index is 14.1. The Labute approximate surface area is 126 Å². The number of nitrogens with zero attached hydrogens (tertiary/aromatic N) is 2. The third kappa shape index (κ3) is 2.54. The highest BCUT2D eigenvalue weighted by molar-refractivity contribution is 5.78. The molecule has 0 aromatic carbocycles. The first-order valence-corrected chi connectivity index (χ1v) is 7.36. The fourth-order valence-corrected chi connectivity index (χ4v) is 3.19. The highest BCUT2D eigenvalue weighted by Gasteiger charge is 2.43. The molecule has 22 heavy (non-hydrogen) atoms.